The Morgan fingerprint density at radius 1 is 1.31 bits per heavy atom. The van der Waals surface area contributed by atoms with E-state index in [4.69, 9.17) is 0 Å². The quantitative estimate of drug-likeness (QED) is 0.764. The number of nitrogens with zero attached hydrogens (tertiary/aromatic N) is 4. The lowest BCUT2D eigenvalue weighted by Crippen LogP contribution is -2.20. The van der Waals surface area contributed by atoms with Crippen LogP contribution in [0.1, 0.15) is 6.42 Å². The van der Waals surface area contributed by atoms with Crippen LogP contribution >= 0.6 is 0 Å². The monoisotopic (exact) mass is 216 g/mol. The van der Waals surface area contributed by atoms with Gasteiger partial charge in [0.15, 0.2) is 0 Å². The fourth-order valence-corrected chi connectivity index (χ4v) is 1.60. The van der Waals surface area contributed by atoms with Crippen molar-refractivity contribution in [3.63, 3.8) is 0 Å². The Labute approximate surface area is 95.6 Å². The van der Waals surface area contributed by atoms with Gasteiger partial charge in [-0.1, -0.05) is 6.07 Å². The second kappa shape index (κ2) is 5.30. The fraction of sp³-hybridized carbons (Fsp3) is 0.333. The second-order valence-corrected chi connectivity index (χ2v) is 3.76. The smallest absolute Gasteiger partial charge is 0.128 e. The van der Waals surface area contributed by atoms with E-state index in [0.717, 1.165) is 25.3 Å². The van der Waals surface area contributed by atoms with Crippen LogP contribution < -0.4 is 4.90 Å². The molecular weight excluding hydrogens is 200 g/mol. The van der Waals surface area contributed by atoms with Crippen LogP contribution in [-0.2, 0) is 6.54 Å². The third-order valence-electron chi connectivity index (χ3n) is 2.51. The lowest BCUT2D eigenvalue weighted by molar-refractivity contribution is 0.636. The SMILES string of the molecule is CN(CCCn1ccnc1)c1ccccn1. The number of aryl methyl sites for hydroxylation is 1. The van der Waals surface area contributed by atoms with Gasteiger partial charge < -0.3 is 9.47 Å². The Balaban J connectivity index is 1.78. The van der Waals surface area contributed by atoms with Gasteiger partial charge in [-0.05, 0) is 18.6 Å². The Morgan fingerprint density at radius 3 is 2.94 bits per heavy atom. The van der Waals surface area contributed by atoms with Gasteiger partial charge in [0, 0.05) is 38.7 Å². The van der Waals surface area contributed by atoms with Gasteiger partial charge in [0.25, 0.3) is 0 Å². The zero-order chi connectivity index (χ0) is 11.2. The van der Waals surface area contributed by atoms with Gasteiger partial charge in [0.05, 0.1) is 6.33 Å². The van der Waals surface area contributed by atoms with E-state index in [0.29, 0.717) is 0 Å². The van der Waals surface area contributed by atoms with Crippen LogP contribution in [0.15, 0.2) is 43.1 Å². The van der Waals surface area contributed by atoms with Crippen LogP contribution in [0.4, 0.5) is 5.82 Å². The van der Waals surface area contributed by atoms with Crippen LogP contribution in [-0.4, -0.2) is 28.1 Å². The molecule has 0 aliphatic heterocycles. The van der Waals surface area contributed by atoms with E-state index >= 15 is 0 Å². The van der Waals surface area contributed by atoms with Crippen LogP contribution in [0.25, 0.3) is 0 Å². The highest BCUT2D eigenvalue weighted by atomic mass is 15.2. The van der Waals surface area contributed by atoms with Crippen molar-refractivity contribution in [2.24, 2.45) is 0 Å². The summed E-state index contributed by atoms with van der Waals surface area (Å²) in [5.41, 5.74) is 0. The van der Waals surface area contributed by atoms with Crippen molar-refractivity contribution in [2.45, 2.75) is 13.0 Å². The van der Waals surface area contributed by atoms with Gasteiger partial charge in [0.2, 0.25) is 0 Å². The predicted octanol–water partition coefficient (Wildman–Crippen LogP) is 1.80. The molecule has 4 nitrogen and oxygen atoms in total. The van der Waals surface area contributed by atoms with Crippen molar-refractivity contribution >= 4 is 5.82 Å². The maximum atomic E-state index is 4.30. The first-order chi connectivity index (χ1) is 7.86. The summed E-state index contributed by atoms with van der Waals surface area (Å²) in [7, 11) is 2.07. The molecule has 0 atom stereocenters. The summed E-state index contributed by atoms with van der Waals surface area (Å²) >= 11 is 0. The Bertz CT molecular complexity index is 396. The maximum Gasteiger partial charge on any atom is 0.128 e. The summed E-state index contributed by atoms with van der Waals surface area (Å²) < 4.78 is 2.09. The van der Waals surface area contributed by atoms with Crippen molar-refractivity contribution in [3.05, 3.63) is 43.1 Å². The van der Waals surface area contributed by atoms with E-state index in [1.54, 1.807) is 0 Å². The van der Waals surface area contributed by atoms with Crippen molar-refractivity contribution in [3.8, 4) is 0 Å². The molecule has 0 N–H and O–H groups in total. The van der Waals surface area contributed by atoms with Crippen LogP contribution in [0, 0.1) is 0 Å². The molecule has 0 saturated heterocycles. The predicted molar refractivity (Wildman–Crippen MR) is 64.4 cm³/mol. The molecule has 0 radical (unpaired) electrons. The molecule has 0 amide bonds. The minimum atomic E-state index is 0.995. The molecule has 0 spiro atoms. The molecule has 0 aromatic carbocycles. The number of hydrogen-bond donors (Lipinski definition) is 0. The minimum Gasteiger partial charge on any atom is -0.360 e. The zero-order valence-electron chi connectivity index (χ0n) is 9.45. The highest BCUT2D eigenvalue weighted by molar-refractivity contribution is 5.35. The maximum absolute atomic E-state index is 4.30. The van der Waals surface area contributed by atoms with Crippen molar-refractivity contribution in [1.29, 1.82) is 0 Å². The van der Waals surface area contributed by atoms with Crippen molar-refractivity contribution in [1.82, 2.24) is 14.5 Å². The molecule has 0 aliphatic carbocycles. The van der Waals surface area contributed by atoms with E-state index in [1.165, 1.54) is 0 Å². The summed E-state index contributed by atoms with van der Waals surface area (Å²) in [6.45, 7) is 1.99. The van der Waals surface area contributed by atoms with E-state index in [1.807, 2.05) is 43.1 Å². The molecule has 0 bridgehead atoms. The topological polar surface area (TPSA) is 34.0 Å². The molecule has 4 heteroatoms. The van der Waals surface area contributed by atoms with Gasteiger partial charge >= 0.3 is 0 Å². The van der Waals surface area contributed by atoms with Crippen molar-refractivity contribution in [2.75, 3.05) is 18.5 Å². The summed E-state index contributed by atoms with van der Waals surface area (Å²) in [6, 6.07) is 5.97. The summed E-state index contributed by atoms with van der Waals surface area (Å²) in [5.74, 6) is 1.02. The van der Waals surface area contributed by atoms with E-state index in [-0.39, 0.29) is 0 Å². The third-order valence-corrected chi connectivity index (χ3v) is 2.51. The molecule has 0 unspecified atom stereocenters. The van der Waals surface area contributed by atoms with Crippen LogP contribution in [0.2, 0.25) is 0 Å². The molecule has 0 saturated carbocycles. The number of hydrogen-bond acceptors (Lipinski definition) is 3. The van der Waals surface area contributed by atoms with Gasteiger partial charge in [-0.3, -0.25) is 0 Å². The summed E-state index contributed by atoms with van der Waals surface area (Å²) in [6.07, 6.45) is 8.55. The average molecular weight is 216 g/mol. The normalized spacial score (nSPS) is 10.3. The molecule has 2 aromatic rings. The molecule has 2 heterocycles. The second-order valence-electron chi connectivity index (χ2n) is 3.76. The molecule has 84 valence electrons. The average Bonchev–Trinajstić information content (AvgIpc) is 2.83. The Kier molecular flexibility index (Phi) is 3.53. The molecular formula is C12H16N4. The lowest BCUT2D eigenvalue weighted by atomic mass is 10.3. The number of imidazole rings is 1. The van der Waals surface area contributed by atoms with Gasteiger partial charge in [-0.25, -0.2) is 9.97 Å². The standard InChI is InChI=1S/C12H16N4/c1-15(12-5-2-3-6-14-12)8-4-9-16-10-7-13-11-16/h2-3,5-7,10-11H,4,8-9H2,1H3. The number of rotatable bonds is 5. The highest BCUT2D eigenvalue weighted by Gasteiger charge is 2.00. The first-order valence-corrected chi connectivity index (χ1v) is 5.44. The zero-order valence-corrected chi connectivity index (χ0v) is 9.45. The first-order valence-electron chi connectivity index (χ1n) is 5.44. The lowest BCUT2D eigenvalue weighted by Gasteiger charge is -2.17. The highest BCUT2D eigenvalue weighted by Crippen LogP contribution is 2.07. The first kappa shape index (κ1) is 10.7. The number of pyridine rings is 1. The molecule has 0 aliphatic rings. The number of aromatic nitrogens is 3. The van der Waals surface area contributed by atoms with Gasteiger partial charge in [-0.15, -0.1) is 0 Å². The van der Waals surface area contributed by atoms with E-state index in [9.17, 15) is 0 Å². The Morgan fingerprint density at radius 2 is 2.25 bits per heavy atom. The molecule has 2 aromatic heterocycles. The third kappa shape index (κ3) is 2.82. The molecule has 16 heavy (non-hydrogen) atoms. The fourth-order valence-electron chi connectivity index (χ4n) is 1.60. The van der Waals surface area contributed by atoms with E-state index < -0.39 is 0 Å². The number of anilines is 1. The van der Waals surface area contributed by atoms with Crippen molar-refractivity contribution < 1.29 is 0 Å². The van der Waals surface area contributed by atoms with Crippen LogP contribution in [0.3, 0.4) is 0 Å². The van der Waals surface area contributed by atoms with Gasteiger partial charge in [0.1, 0.15) is 5.82 Å². The summed E-state index contributed by atoms with van der Waals surface area (Å²) in [5, 5.41) is 0. The summed E-state index contributed by atoms with van der Waals surface area (Å²) in [4.78, 5) is 10.5. The van der Waals surface area contributed by atoms with Gasteiger partial charge in [-0.2, -0.15) is 0 Å². The Hall–Kier alpha value is -1.84. The molecule has 0 fully saturated rings. The van der Waals surface area contributed by atoms with Crippen LogP contribution in [0.5, 0.6) is 0 Å². The minimum absolute atomic E-state index is 0.995. The molecule has 2 rings (SSSR count). The largest absolute Gasteiger partial charge is 0.360 e. The van der Waals surface area contributed by atoms with E-state index in [2.05, 4.69) is 26.5 Å².